The second-order valence-electron chi connectivity index (χ2n) is 4.17. The zero-order chi connectivity index (χ0) is 15.4. The fourth-order valence-corrected chi connectivity index (χ4v) is 1.96. The van der Waals surface area contributed by atoms with Gasteiger partial charge in [0.05, 0.1) is 22.5 Å². The topological polar surface area (TPSA) is 97.1 Å². The molecule has 0 atom stereocenters. The van der Waals surface area contributed by atoms with Crippen LogP contribution in [-0.2, 0) is 0 Å². The van der Waals surface area contributed by atoms with Crippen LogP contribution in [0, 0.1) is 0 Å². The predicted molar refractivity (Wildman–Crippen MR) is 80.9 cm³/mol. The largest absolute Gasteiger partial charge is 0.366 e. The minimum Gasteiger partial charge on any atom is -0.366 e. The molecule has 6 nitrogen and oxygen atoms in total. The second kappa shape index (κ2) is 6.23. The standard InChI is InChI=1S/C14H13ClN4O2/c1-17-14(21)9-7-18-12(15)6-11(9)19-10-5-3-2-4-8(10)13(16)20/h2-7H,1H3,(H2,16,20)(H,17,21)(H,18,19). The quantitative estimate of drug-likeness (QED) is 0.752. The highest BCUT2D eigenvalue weighted by Gasteiger charge is 2.14. The molecule has 108 valence electrons. The Hall–Kier alpha value is -2.60. The molecule has 0 aliphatic carbocycles. The van der Waals surface area contributed by atoms with Crippen molar-refractivity contribution in [2.45, 2.75) is 0 Å². The summed E-state index contributed by atoms with van der Waals surface area (Å²) in [6, 6.07) is 8.22. The first-order valence-electron chi connectivity index (χ1n) is 6.06. The van der Waals surface area contributed by atoms with Gasteiger partial charge in [-0.25, -0.2) is 4.98 Å². The number of pyridine rings is 1. The van der Waals surface area contributed by atoms with Crippen molar-refractivity contribution in [3.05, 3.63) is 52.8 Å². The third-order valence-corrected chi connectivity index (χ3v) is 3.01. The highest BCUT2D eigenvalue weighted by molar-refractivity contribution is 6.29. The van der Waals surface area contributed by atoms with Gasteiger partial charge in [0.2, 0.25) is 0 Å². The molecule has 7 heteroatoms. The summed E-state index contributed by atoms with van der Waals surface area (Å²) >= 11 is 5.86. The summed E-state index contributed by atoms with van der Waals surface area (Å²) in [5.74, 6) is -0.891. The van der Waals surface area contributed by atoms with Crippen molar-refractivity contribution in [1.29, 1.82) is 0 Å². The minimum absolute atomic E-state index is 0.224. The molecule has 21 heavy (non-hydrogen) atoms. The van der Waals surface area contributed by atoms with Crippen molar-refractivity contribution < 1.29 is 9.59 Å². The molecular weight excluding hydrogens is 292 g/mol. The van der Waals surface area contributed by atoms with Crippen molar-refractivity contribution in [3.8, 4) is 0 Å². The number of carbonyl (C=O) groups is 2. The number of aromatic nitrogens is 1. The lowest BCUT2D eigenvalue weighted by Crippen LogP contribution is -2.20. The van der Waals surface area contributed by atoms with Crippen molar-refractivity contribution in [1.82, 2.24) is 10.3 Å². The number of benzene rings is 1. The molecular formula is C14H13ClN4O2. The second-order valence-corrected chi connectivity index (χ2v) is 4.55. The van der Waals surface area contributed by atoms with Crippen LogP contribution in [0.2, 0.25) is 5.15 Å². The number of amides is 2. The first-order valence-corrected chi connectivity index (χ1v) is 6.44. The first-order chi connectivity index (χ1) is 10.0. The van der Waals surface area contributed by atoms with Crippen LogP contribution >= 0.6 is 11.6 Å². The minimum atomic E-state index is -0.570. The number of nitrogens with zero attached hydrogens (tertiary/aromatic N) is 1. The summed E-state index contributed by atoms with van der Waals surface area (Å²) in [7, 11) is 1.51. The van der Waals surface area contributed by atoms with E-state index in [4.69, 9.17) is 17.3 Å². The van der Waals surface area contributed by atoms with Gasteiger partial charge in [-0.05, 0) is 18.2 Å². The van der Waals surface area contributed by atoms with E-state index in [1.54, 1.807) is 24.3 Å². The van der Waals surface area contributed by atoms with E-state index in [2.05, 4.69) is 15.6 Å². The lowest BCUT2D eigenvalue weighted by molar-refractivity contribution is 0.0962. The molecule has 0 unspecified atom stereocenters. The Morgan fingerprint density at radius 2 is 1.90 bits per heavy atom. The smallest absolute Gasteiger partial charge is 0.254 e. The fraction of sp³-hybridized carbons (Fsp3) is 0.0714. The van der Waals surface area contributed by atoms with Crippen LogP contribution in [0.15, 0.2) is 36.5 Å². The fourth-order valence-electron chi connectivity index (χ4n) is 1.80. The first kappa shape index (κ1) is 14.8. The molecule has 2 rings (SSSR count). The summed E-state index contributed by atoms with van der Waals surface area (Å²) < 4.78 is 0. The van der Waals surface area contributed by atoms with Gasteiger partial charge in [0.1, 0.15) is 5.15 Å². The van der Waals surface area contributed by atoms with Crippen LogP contribution in [0.4, 0.5) is 11.4 Å². The van der Waals surface area contributed by atoms with Gasteiger partial charge in [-0.3, -0.25) is 9.59 Å². The number of nitrogens with two attached hydrogens (primary N) is 1. The Morgan fingerprint density at radius 1 is 1.19 bits per heavy atom. The highest BCUT2D eigenvalue weighted by atomic mass is 35.5. The molecule has 0 radical (unpaired) electrons. The Kier molecular flexibility index (Phi) is 4.39. The van der Waals surface area contributed by atoms with Gasteiger partial charge < -0.3 is 16.4 Å². The molecule has 0 saturated carbocycles. The predicted octanol–water partition coefficient (Wildman–Crippen LogP) is 1.94. The van der Waals surface area contributed by atoms with Crippen molar-refractivity contribution in [2.24, 2.45) is 5.73 Å². The van der Waals surface area contributed by atoms with E-state index in [0.29, 0.717) is 22.5 Å². The third kappa shape index (κ3) is 3.29. The molecule has 0 aliphatic rings. The maximum absolute atomic E-state index is 11.8. The van der Waals surface area contributed by atoms with E-state index in [1.807, 2.05) is 0 Å². The Labute approximate surface area is 126 Å². The summed E-state index contributed by atoms with van der Waals surface area (Å²) in [5, 5.41) is 5.73. The molecule has 0 fully saturated rings. The Morgan fingerprint density at radius 3 is 2.57 bits per heavy atom. The van der Waals surface area contributed by atoms with E-state index >= 15 is 0 Å². The third-order valence-electron chi connectivity index (χ3n) is 2.80. The van der Waals surface area contributed by atoms with Crippen LogP contribution in [0.3, 0.4) is 0 Å². The molecule has 0 aliphatic heterocycles. The normalized spacial score (nSPS) is 10.0. The maximum atomic E-state index is 11.8. The van der Waals surface area contributed by atoms with E-state index in [-0.39, 0.29) is 11.1 Å². The van der Waals surface area contributed by atoms with Gasteiger partial charge in [0.15, 0.2) is 0 Å². The summed E-state index contributed by atoms with van der Waals surface area (Å²) in [6.45, 7) is 0. The van der Waals surface area contributed by atoms with E-state index < -0.39 is 5.91 Å². The zero-order valence-corrected chi connectivity index (χ0v) is 11.9. The van der Waals surface area contributed by atoms with E-state index in [0.717, 1.165) is 0 Å². The van der Waals surface area contributed by atoms with Gasteiger partial charge in [-0.15, -0.1) is 0 Å². The zero-order valence-electron chi connectivity index (χ0n) is 11.2. The van der Waals surface area contributed by atoms with Crippen LogP contribution in [0.1, 0.15) is 20.7 Å². The molecule has 0 spiro atoms. The molecule has 4 N–H and O–H groups in total. The van der Waals surface area contributed by atoms with Crippen LogP contribution in [0.25, 0.3) is 0 Å². The summed E-state index contributed by atoms with van der Waals surface area (Å²) in [5.41, 5.74) is 6.86. The number of para-hydroxylation sites is 1. The molecule has 0 saturated heterocycles. The van der Waals surface area contributed by atoms with Gasteiger partial charge in [-0.2, -0.15) is 0 Å². The number of hydrogen-bond donors (Lipinski definition) is 3. The Bertz CT molecular complexity index is 703. The lowest BCUT2D eigenvalue weighted by Gasteiger charge is -2.13. The highest BCUT2D eigenvalue weighted by Crippen LogP contribution is 2.25. The van der Waals surface area contributed by atoms with Crippen LogP contribution in [-0.4, -0.2) is 23.8 Å². The molecule has 2 aromatic rings. The summed E-state index contributed by atoms with van der Waals surface area (Å²) in [4.78, 5) is 27.1. The SMILES string of the molecule is CNC(=O)c1cnc(Cl)cc1Nc1ccccc1C(N)=O. The van der Waals surface area contributed by atoms with Crippen LogP contribution < -0.4 is 16.4 Å². The molecule has 0 bridgehead atoms. The lowest BCUT2D eigenvalue weighted by atomic mass is 10.1. The number of rotatable bonds is 4. The number of carbonyl (C=O) groups excluding carboxylic acids is 2. The molecule has 1 aromatic carbocycles. The molecule has 1 aromatic heterocycles. The average Bonchev–Trinajstić information content (AvgIpc) is 2.47. The van der Waals surface area contributed by atoms with Gasteiger partial charge in [0.25, 0.3) is 11.8 Å². The number of hydrogen-bond acceptors (Lipinski definition) is 4. The van der Waals surface area contributed by atoms with Gasteiger partial charge >= 0.3 is 0 Å². The van der Waals surface area contributed by atoms with Crippen molar-refractivity contribution in [3.63, 3.8) is 0 Å². The average molecular weight is 305 g/mol. The van der Waals surface area contributed by atoms with E-state index in [1.165, 1.54) is 19.3 Å². The van der Waals surface area contributed by atoms with Crippen molar-refractivity contribution >= 4 is 34.8 Å². The van der Waals surface area contributed by atoms with Gasteiger partial charge in [0, 0.05) is 13.2 Å². The molecule has 2 amide bonds. The number of anilines is 2. The van der Waals surface area contributed by atoms with E-state index in [9.17, 15) is 9.59 Å². The van der Waals surface area contributed by atoms with Crippen LogP contribution in [0.5, 0.6) is 0 Å². The number of nitrogens with one attached hydrogen (secondary N) is 2. The van der Waals surface area contributed by atoms with Gasteiger partial charge in [-0.1, -0.05) is 23.7 Å². The van der Waals surface area contributed by atoms with Crippen molar-refractivity contribution in [2.75, 3.05) is 12.4 Å². The summed E-state index contributed by atoms with van der Waals surface area (Å²) in [6.07, 6.45) is 1.36. The number of primary amides is 1. The Balaban J connectivity index is 2.46. The monoisotopic (exact) mass is 304 g/mol. The number of halogens is 1. The molecule has 1 heterocycles. The maximum Gasteiger partial charge on any atom is 0.254 e.